The highest BCUT2D eigenvalue weighted by molar-refractivity contribution is 5.22. The molecule has 0 aromatic heterocycles. The van der Waals surface area contributed by atoms with Crippen molar-refractivity contribution < 1.29 is 5.11 Å². The summed E-state index contributed by atoms with van der Waals surface area (Å²) < 4.78 is 0. The van der Waals surface area contributed by atoms with Crippen molar-refractivity contribution in [2.24, 2.45) is 0 Å². The molecule has 0 aliphatic heterocycles. The Morgan fingerprint density at radius 2 is 2.30 bits per heavy atom. The molecular formula is C9H11O. The minimum atomic E-state index is 0.641. The molecule has 0 amide bonds. The Balaban J connectivity index is 2.75. The lowest BCUT2D eigenvalue weighted by molar-refractivity contribution is 0.385. The molecule has 1 aromatic rings. The van der Waals surface area contributed by atoms with Crippen LogP contribution in [0.2, 0.25) is 0 Å². The molecule has 0 saturated carbocycles. The van der Waals surface area contributed by atoms with Crippen LogP contribution >= 0.6 is 0 Å². The SMILES string of the molecule is Cc1cccc(C[CH]O)c1. The number of rotatable bonds is 2. The van der Waals surface area contributed by atoms with Crippen LogP contribution in [0.3, 0.4) is 0 Å². The first-order chi connectivity index (χ1) is 4.83. The highest BCUT2D eigenvalue weighted by Crippen LogP contribution is 2.04. The quantitative estimate of drug-likeness (QED) is 0.658. The molecule has 1 aromatic carbocycles. The van der Waals surface area contributed by atoms with Crippen LogP contribution < -0.4 is 0 Å². The van der Waals surface area contributed by atoms with Crippen LogP contribution in [0.5, 0.6) is 0 Å². The molecule has 1 nitrogen and oxygen atoms in total. The van der Waals surface area contributed by atoms with E-state index in [1.54, 1.807) is 0 Å². The number of aliphatic hydroxyl groups is 1. The average molecular weight is 135 g/mol. The van der Waals surface area contributed by atoms with Crippen molar-refractivity contribution in [3.8, 4) is 0 Å². The molecule has 1 rings (SSSR count). The van der Waals surface area contributed by atoms with E-state index in [1.165, 1.54) is 12.2 Å². The Hall–Kier alpha value is -0.820. The van der Waals surface area contributed by atoms with Gasteiger partial charge in [0.1, 0.15) is 0 Å². The summed E-state index contributed by atoms with van der Waals surface area (Å²) in [5, 5.41) is 8.49. The number of aryl methyl sites for hydroxylation is 1. The molecular weight excluding hydrogens is 124 g/mol. The van der Waals surface area contributed by atoms with Gasteiger partial charge in [0.05, 0.1) is 6.61 Å². The molecule has 0 spiro atoms. The second-order valence-corrected chi connectivity index (χ2v) is 2.38. The summed E-state index contributed by atoms with van der Waals surface area (Å²) in [6, 6.07) is 8.10. The number of aliphatic hydroxyl groups excluding tert-OH is 1. The Morgan fingerprint density at radius 1 is 1.50 bits per heavy atom. The van der Waals surface area contributed by atoms with Crippen molar-refractivity contribution in [3.05, 3.63) is 42.0 Å². The third-order valence-electron chi connectivity index (χ3n) is 1.41. The predicted molar refractivity (Wildman–Crippen MR) is 41.1 cm³/mol. The monoisotopic (exact) mass is 135 g/mol. The van der Waals surface area contributed by atoms with E-state index in [0.717, 1.165) is 5.56 Å². The number of hydrogen-bond acceptors (Lipinski definition) is 1. The summed E-state index contributed by atoms with van der Waals surface area (Å²) in [4.78, 5) is 0. The van der Waals surface area contributed by atoms with Gasteiger partial charge in [-0.3, -0.25) is 0 Å². The van der Waals surface area contributed by atoms with Crippen molar-refractivity contribution >= 4 is 0 Å². The standard InChI is InChI=1S/C9H11O/c1-8-3-2-4-9(7-8)5-6-10/h2-4,6-7,10H,5H2,1H3. The largest absolute Gasteiger partial charge is 0.390 e. The first-order valence-electron chi connectivity index (χ1n) is 3.34. The minimum absolute atomic E-state index is 0.641. The summed E-state index contributed by atoms with van der Waals surface area (Å²) in [6.07, 6.45) is 0.641. The molecule has 10 heavy (non-hydrogen) atoms. The Morgan fingerprint density at radius 3 is 2.90 bits per heavy atom. The van der Waals surface area contributed by atoms with Crippen molar-refractivity contribution in [2.45, 2.75) is 13.3 Å². The molecule has 53 valence electrons. The van der Waals surface area contributed by atoms with Gasteiger partial charge >= 0.3 is 0 Å². The van der Waals surface area contributed by atoms with Crippen LogP contribution in [0.25, 0.3) is 0 Å². The number of hydrogen-bond donors (Lipinski definition) is 1. The van der Waals surface area contributed by atoms with E-state index in [4.69, 9.17) is 5.11 Å². The summed E-state index contributed by atoms with van der Waals surface area (Å²) in [6.45, 7) is 3.22. The second-order valence-electron chi connectivity index (χ2n) is 2.38. The van der Waals surface area contributed by atoms with Gasteiger partial charge < -0.3 is 5.11 Å². The summed E-state index contributed by atoms with van der Waals surface area (Å²) >= 11 is 0. The van der Waals surface area contributed by atoms with Crippen molar-refractivity contribution in [2.75, 3.05) is 0 Å². The average Bonchev–Trinajstić information content (AvgIpc) is 1.88. The third-order valence-corrected chi connectivity index (χ3v) is 1.41. The minimum Gasteiger partial charge on any atom is -0.390 e. The van der Waals surface area contributed by atoms with Crippen LogP contribution in [0, 0.1) is 13.5 Å². The van der Waals surface area contributed by atoms with Gasteiger partial charge in [0.2, 0.25) is 0 Å². The molecule has 1 radical (unpaired) electrons. The molecule has 0 bridgehead atoms. The van der Waals surface area contributed by atoms with Gasteiger partial charge in [0.25, 0.3) is 0 Å². The normalized spacial score (nSPS) is 9.80. The van der Waals surface area contributed by atoms with Gasteiger partial charge in [0.15, 0.2) is 0 Å². The van der Waals surface area contributed by atoms with E-state index in [0.29, 0.717) is 6.42 Å². The zero-order chi connectivity index (χ0) is 7.40. The molecule has 1 heteroatoms. The third kappa shape index (κ3) is 1.85. The first kappa shape index (κ1) is 7.29. The molecule has 0 unspecified atom stereocenters. The highest BCUT2D eigenvalue weighted by Gasteiger charge is 1.90. The summed E-state index contributed by atoms with van der Waals surface area (Å²) in [7, 11) is 0. The van der Waals surface area contributed by atoms with Crippen molar-refractivity contribution in [3.63, 3.8) is 0 Å². The summed E-state index contributed by atoms with van der Waals surface area (Å²) in [5.74, 6) is 0. The Bertz CT molecular complexity index is 206. The maximum Gasteiger partial charge on any atom is 0.0842 e. The zero-order valence-corrected chi connectivity index (χ0v) is 6.04. The maximum absolute atomic E-state index is 8.49. The van der Waals surface area contributed by atoms with E-state index in [9.17, 15) is 0 Å². The molecule has 0 saturated heterocycles. The lowest BCUT2D eigenvalue weighted by atomic mass is 10.1. The van der Waals surface area contributed by atoms with E-state index in [2.05, 4.69) is 6.07 Å². The van der Waals surface area contributed by atoms with Crippen molar-refractivity contribution in [1.29, 1.82) is 0 Å². The smallest absolute Gasteiger partial charge is 0.0842 e. The van der Waals surface area contributed by atoms with Gasteiger partial charge in [0, 0.05) is 6.42 Å². The van der Waals surface area contributed by atoms with E-state index in [1.807, 2.05) is 25.1 Å². The first-order valence-corrected chi connectivity index (χ1v) is 3.34. The number of benzene rings is 1. The lowest BCUT2D eigenvalue weighted by Crippen LogP contribution is -1.84. The van der Waals surface area contributed by atoms with Crippen LogP contribution in [0.15, 0.2) is 24.3 Å². The zero-order valence-electron chi connectivity index (χ0n) is 6.04. The van der Waals surface area contributed by atoms with E-state index >= 15 is 0 Å². The fourth-order valence-corrected chi connectivity index (χ4v) is 0.945. The van der Waals surface area contributed by atoms with Crippen LogP contribution in [0.4, 0.5) is 0 Å². The Kier molecular flexibility index (Phi) is 2.46. The highest BCUT2D eigenvalue weighted by atomic mass is 16.2. The lowest BCUT2D eigenvalue weighted by Gasteiger charge is -1.97. The van der Waals surface area contributed by atoms with E-state index in [-0.39, 0.29) is 0 Å². The van der Waals surface area contributed by atoms with Crippen LogP contribution in [-0.2, 0) is 6.42 Å². The molecule has 0 atom stereocenters. The van der Waals surface area contributed by atoms with Gasteiger partial charge in [-0.05, 0) is 12.5 Å². The van der Waals surface area contributed by atoms with Gasteiger partial charge in [-0.15, -0.1) is 0 Å². The predicted octanol–water partition coefficient (Wildman–Crippen LogP) is 2.07. The molecule has 0 aliphatic carbocycles. The van der Waals surface area contributed by atoms with Gasteiger partial charge in [-0.1, -0.05) is 29.8 Å². The molecule has 0 heterocycles. The molecule has 0 aliphatic rings. The topological polar surface area (TPSA) is 20.2 Å². The van der Waals surface area contributed by atoms with Crippen molar-refractivity contribution in [1.82, 2.24) is 0 Å². The van der Waals surface area contributed by atoms with Gasteiger partial charge in [-0.2, -0.15) is 0 Å². The fourth-order valence-electron chi connectivity index (χ4n) is 0.945. The van der Waals surface area contributed by atoms with E-state index < -0.39 is 0 Å². The van der Waals surface area contributed by atoms with Gasteiger partial charge in [-0.25, -0.2) is 0 Å². The fraction of sp³-hybridized carbons (Fsp3) is 0.222. The van der Waals surface area contributed by atoms with Crippen LogP contribution in [-0.4, -0.2) is 5.11 Å². The maximum atomic E-state index is 8.49. The molecule has 0 fully saturated rings. The Labute approximate surface area is 61.3 Å². The summed E-state index contributed by atoms with van der Waals surface area (Å²) in [5.41, 5.74) is 2.39. The van der Waals surface area contributed by atoms with Crippen LogP contribution in [0.1, 0.15) is 11.1 Å². The molecule has 1 N–H and O–H groups in total. The second kappa shape index (κ2) is 3.37.